The lowest BCUT2D eigenvalue weighted by molar-refractivity contribution is -0.132. The highest BCUT2D eigenvalue weighted by molar-refractivity contribution is 6.51. The van der Waals surface area contributed by atoms with Crippen molar-refractivity contribution in [2.24, 2.45) is 0 Å². The Morgan fingerprint density at radius 2 is 1.46 bits per heavy atom. The van der Waals surface area contributed by atoms with Crippen LogP contribution in [0.2, 0.25) is 0 Å². The van der Waals surface area contributed by atoms with E-state index in [1.807, 2.05) is 12.1 Å². The second-order valence-corrected chi connectivity index (χ2v) is 9.01. The summed E-state index contributed by atoms with van der Waals surface area (Å²) in [7, 11) is 2.89. The van der Waals surface area contributed by atoms with Gasteiger partial charge in [-0.25, -0.2) is 0 Å². The zero-order valence-corrected chi connectivity index (χ0v) is 20.7. The number of carbonyl (C=O) groups is 2. The number of carbonyl (C=O) groups excluding carboxylic acids is 2. The molecule has 2 saturated heterocycles. The Balaban J connectivity index is 1.69. The van der Waals surface area contributed by atoms with Crippen LogP contribution in [0.15, 0.2) is 72.3 Å². The number of aliphatic hydroxyl groups is 1. The van der Waals surface area contributed by atoms with Gasteiger partial charge in [0.1, 0.15) is 28.6 Å². The normalized spacial score (nSPS) is 18.9. The monoisotopic (exact) mass is 500 g/mol. The average molecular weight is 501 g/mol. The minimum atomic E-state index is -0.987. The van der Waals surface area contributed by atoms with Crippen molar-refractivity contribution >= 4 is 28.8 Å². The molecular formula is C29H28N2O6. The number of hydrogen-bond acceptors (Lipinski definition) is 7. The molecule has 37 heavy (non-hydrogen) atoms. The van der Waals surface area contributed by atoms with Gasteiger partial charge in [-0.2, -0.15) is 0 Å². The number of aliphatic hydroxyl groups excluding tert-OH is 1. The van der Waals surface area contributed by atoms with Crippen LogP contribution in [0.4, 0.5) is 11.4 Å². The van der Waals surface area contributed by atoms with Crippen molar-refractivity contribution in [3.05, 3.63) is 83.4 Å². The molecule has 8 heteroatoms. The van der Waals surface area contributed by atoms with E-state index in [0.29, 0.717) is 11.3 Å². The Hall–Kier alpha value is -4.46. The smallest absolute Gasteiger partial charge is 0.300 e. The van der Waals surface area contributed by atoms with Crippen LogP contribution in [0, 0.1) is 0 Å². The second-order valence-electron chi connectivity index (χ2n) is 9.01. The number of ketones is 1. The third-order valence-electron chi connectivity index (χ3n) is 6.89. The molecule has 0 spiro atoms. The molecule has 190 valence electrons. The largest absolute Gasteiger partial charge is 0.508 e. The number of hydrogen-bond donors (Lipinski definition) is 2. The van der Waals surface area contributed by atoms with E-state index in [9.17, 15) is 19.8 Å². The van der Waals surface area contributed by atoms with Crippen LogP contribution in [-0.2, 0) is 9.59 Å². The van der Waals surface area contributed by atoms with Gasteiger partial charge in [0.05, 0.1) is 25.8 Å². The number of Topliss-reactive ketones (excluding diaryl/α,β-unsaturated/α-hetero) is 1. The van der Waals surface area contributed by atoms with Gasteiger partial charge >= 0.3 is 0 Å². The number of amides is 1. The number of methoxy groups -OCH3 is 2. The van der Waals surface area contributed by atoms with Gasteiger partial charge in [0, 0.05) is 24.5 Å². The number of benzene rings is 3. The van der Waals surface area contributed by atoms with Gasteiger partial charge in [-0.05, 0) is 66.9 Å². The van der Waals surface area contributed by atoms with E-state index in [1.165, 1.54) is 31.3 Å². The first kappa shape index (κ1) is 24.2. The van der Waals surface area contributed by atoms with E-state index in [4.69, 9.17) is 9.47 Å². The molecule has 0 aromatic heterocycles. The number of phenols is 1. The van der Waals surface area contributed by atoms with Gasteiger partial charge in [0.25, 0.3) is 11.7 Å². The van der Waals surface area contributed by atoms with Gasteiger partial charge in [-0.3, -0.25) is 14.5 Å². The lowest BCUT2D eigenvalue weighted by Gasteiger charge is -2.26. The molecule has 0 saturated carbocycles. The van der Waals surface area contributed by atoms with Crippen molar-refractivity contribution < 1.29 is 29.3 Å². The Bertz CT molecular complexity index is 1350. The first-order chi connectivity index (χ1) is 17.9. The molecular weight excluding hydrogens is 472 g/mol. The number of rotatable bonds is 6. The van der Waals surface area contributed by atoms with E-state index < -0.39 is 23.5 Å². The molecule has 0 radical (unpaired) electrons. The molecule has 2 heterocycles. The first-order valence-corrected chi connectivity index (χ1v) is 12.1. The summed E-state index contributed by atoms with van der Waals surface area (Å²) < 4.78 is 10.9. The molecule has 1 atom stereocenters. The topological polar surface area (TPSA) is 99.5 Å². The molecule has 1 unspecified atom stereocenters. The lowest BCUT2D eigenvalue weighted by Crippen LogP contribution is -2.29. The fraction of sp³-hybridized carbons (Fsp3) is 0.241. The predicted octanol–water partition coefficient (Wildman–Crippen LogP) is 4.64. The number of anilines is 2. The minimum absolute atomic E-state index is 0.0256. The van der Waals surface area contributed by atoms with E-state index in [2.05, 4.69) is 4.90 Å². The maximum atomic E-state index is 13.5. The molecule has 5 rings (SSSR count). The summed E-state index contributed by atoms with van der Waals surface area (Å²) in [5, 5.41) is 21.7. The van der Waals surface area contributed by atoms with Crippen LogP contribution in [0.5, 0.6) is 17.2 Å². The number of nitrogens with zero attached hydrogens (tertiary/aromatic N) is 2. The van der Waals surface area contributed by atoms with Crippen molar-refractivity contribution in [2.75, 3.05) is 37.1 Å². The third-order valence-corrected chi connectivity index (χ3v) is 6.89. The van der Waals surface area contributed by atoms with Crippen molar-refractivity contribution in [2.45, 2.75) is 18.9 Å². The summed E-state index contributed by atoms with van der Waals surface area (Å²) >= 11 is 0. The fourth-order valence-electron chi connectivity index (χ4n) is 5.13. The summed E-state index contributed by atoms with van der Waals surface area (Å²) in [6.07, 6.45) is 2.28. The number of aromatic hydroxyl groups is 1. The Morgan fingerprint density at radius 1 is 0.865 bits per heavy atom. The summed E-state index contributed by atoms with van der Waals surface area (Å²) in [5.74, 6) is -1.50. The molecule has 2 N–H and O–H groups in total. The minimum Gasteiger partial charge on any atom is -0.508 e. The molecule has 1 amide bonds. The van der Waals surface area contributed by atoms with Crippen LogP contribution in [0.3, 0.4) is 0 Å². The summed E-state index contributed by atoms with van der Waals surface area (Å²) in [6.45, 7) is 1.96. The average Bonchev–Trinajstić information content (AvgIpc) is 3.55. The third kappa shape index (κ3) is 4.24. The number of ether oxygens (including phenoxy) is 2. The van der Waals surface area contributed by atoms with Crippen molar-refractivity contribution in [3.63, 3.8) is 0 Å². The van der Waals surface area contributed by atoms with Crippen molar-refractivity contribution in [3.8, 4) is 17.2 Å². The van der Waals surface area contributed by atoms with Gasteiger partial charge < -0.3 is 24.6 Å². The highest BCUT2D eigenvalue weighted by Gasteiger charge is 2.47. The van der Waals surface area contributed by atoms with Crippen LogP contribution in [0.25, 0.3) is 5.76 Å². The highest BCUT2D eigenvalue weighted by atomic mass is 16.5. The lowest BCUT2D eigenvalue weighted by atomic mass is 9.94. The molecule has 2 aliphatic rings. The van der Waals surface area contributed by atoms with Gasteiger partial charge in [-0.15, -0.1) is 0 Å². The summed E-state index contributed by atoms with van der Waals surface area (Å²) in [6, 6.07) is 17.8. The van der Waals surface area contributed by atoms with E-state index in [0.717, 1.165) is 31.6 Å². The quantitative estimate of drug-likeness (QED) is 0.289. The Kier molecular flexibility index (Phi) is 6.48. The standard InChI is InChI=1S/C29H28N2O6/c1-36-22-9-6-10-23(37-2)24(22)27(33)25-26(18-7-5-8-21(32)17-18)31(29(35)28(25)34)20-13-11-19(12-14-20)30-15-3-4-16-30/h5-14,17,26,32-33H,3-4,15-16H2,1-2H3/b27-25+. The molecule has 2 fully saturated rings. The number of phenolic OH excluding ortho intramolecular Hbond substituents is 1. The molecule has 8 nitrogen and oxygen atoms in total. The molecule has 0 aliphatic carbocycles. The molecule has 2 aliphatic heterocycles. The van der Waals surface area contributed by atoms with E-state index >= 15 is 0 Å². The van der Waals surface area contributed by atoms with Gasteiger partial charge in [0.15, 0.2) is 0 Å². The first-order valence-electron chi connectivity index (χ1n) is 12.1. The molecule has 3 aromatic carbocycles. The van der Waals surface area contributed by atoms with Crippen molar-refractivity contribution in [1.29, 1.82) is 0 Å². The SMILES string of the molecule is COc1cccc(OC)c1/C(O)=C1\C(=O)C(=O)N(c2ccc(N3CCCC3)cc2)C1c1cccc(O)c1. The van der Waals surface area contributed by atoms with Crippen LogP contribution in [0.1, 0.15) is 30.0 Å². The molecule has 3 aromatic rings. The Labute approximate surface area is 215 Å². The van der Waals surface area contributed by atoms with E-state index in [1.54, 1.807) is 42.5 Å². The second kappa shape index (κ2) is 9.89. The zero-order chi connectivity index (χ0) is 26.1. The zero-order valence-electron chi connectivity index (χ0n) is 20.7. The van der Waals surface area contributed by atoms with Gasteiger partial charge in [0.2, 0.25) is 0 Å². The van der Waals surface area contributed by atoms with Crippen LogP contribution >= 0.6 is 0 Å². The predicted molar refractivity (Wildman–Crippen MR) is 140 cm³/mol. The Morgan fingerprint density at radius 3 is 2.05 bits per heavy atom. The van der Waals surface area contributed by atoms with Crippen molar-refractivity contribution in [1.82, 2.24) is 0 Å². The van der Waals surface area contributed by atoms with E-state index in [-0.39, 0.29) is 28.4 Å². The van der Waals surface area contributed by atoms with Gasteiger partial charge in [-0.1, -0.05) is 18.2 Å². The fourth-order valence-corrected chi connectivity index (χ4v) is 5.13. The summed E-state index contributed by atoms with van der Waals surface area (Å²) in [5.41, 5.74) is 2.07. The maximum Gasteiger partial charge on any atom is 0.300 e. The van der Waals surface area contributed by atoms with Crippen LogP contribution in [-0.4, -0.2) is 49.2 Å². The summed E-state index contributed by atoms with van der Waals surface area (Å²) in [4.78, 5) is 30.6. The maximum absolute atomic E-state index is 13.5. The molecule has 0 bridgehead atoms. The van der Waals surface area contributed by atoms with Crippen LogP contribution < -0.4 is 19.3 Å². The highest BCUT2D eigenvalue weighted by Crippen LogP contribution is 2.45.